The monoisotopic (exact) mass is 265 g/mol. The highest BCUT2D eigenvalue weighted by Crippen LogP contribution is 2.28. The molecular formula is C13H13ClFN3. The number of halogens is 2. The van der Waals surface area contributed by atoms with Crippen molar-refractivity contribution in [2.75, 3.05) is 0 Å². The van der Waals surface area contributed by atoms with Gasteiger partial charge in [-0.05, 0) is 31.5 Å². The van der Waals surface area contributed by atoms with Gasteiger partial charge in [0.1, 0.15) is 5.82 Å². The Kier molecular flexibility index (Phi) is 3.59. The lowest BCUT2D eigenvalue weighted by Gasteiger charge is -2.10. The van der Waals surface area contributed by atoms with Crippen molar-refractivity contribution in [1.82, 2.24) is 9.97 Å². The van der Waals surface area contributed by atoms with Crippen LogP contribution in [0.5, 0.6) is 0 Å². The Hall–Kier alpha value is -1.52. The van der Waals surface area contributed by atoms with E-state index >= 15 is 0 Å². The zero-order chi connectivity index (χ0) is 13.3. The van der Waals surface area contributed by atoms with E-state index in [1.165, 1.54) is 6.07 Å². The third kappa shape index (κ3) is 2.21. The predicted octanol–water partition coefficient (Wildman–Crippen LogP) is 3.01. The highest BCUT2D eigenvalue weighted by Gasteiger charge is 2.15. The number of aromatic nitrogens is 2. The lowest BCUT2D eigenvalue weighted by molar-refractivity contribution is 0.629. The topological polar surface area (TPSA) is 51.8 Å². The highest BCUT2D eigenvalue weighted by molar-refractivity contribution is 6.33. The first kappa shape index (κ1) is 12.9. The van der Waals surface area contributed by atoms with Crippen molar-refractivity contribution in [3.05, 3.63) is 46.0 Å². The van der Waals surface area contributed by atoms with Crippen LogP contribution in [0.2, 0.25) is 5.02 Å². The second kappa shape index (κ2) is 5.00. The Labute approximate surface area is 110 Å². The largest absolute Gasteiger partial charge is 0.325 e. The quantitative estimate of drug-likeness (QED) is 0.908. The van der Waals surface area contributed by atoms with Crippen LogP contribution < -0.4 is 5.73 Å². The van der Waals surface area contributed by atoms with Crippen molar-refractivity contribution in [3.8, 4) is 11.4 Å². The lowest BCUT2D eigenvalue weighted by atomic mass is 10.1. The van der Waals surface area contributed by atoms with Crippen LogP contribution in [0.3, 0.4) is 0 Å². The van der Waals surface area contributed by atoms with Crippen LogP contribution in [0, 0.1) is 19.7 Å². The summed E-state index contributed by atoms with van der Waals surface area (Å²) in [4.78, 5) is 8.57. The van der Waals surface area contributed by atoms with E-state index < -0.39 is 5.82 Å². The van der Waals surface area contributed by atoms with Crippen LogP contribution in [0.4, 0.5) is 4.39 Å². The fourth-order valence-electron chi connectivity index (χ4n) is 1.71. The first-order chi connectivity index (χ1) is 8.54. The van der Waals surface area contributed by atoms with Gasteiger partial charge in [-0.25, -0.2) is 14.4 Å². The molecule has 18 heavy (non-hydrogen) atoms. The summed E-state index contributed by atoms with van der Waals surface area (Å²) in [7, 11) is 0. The standard InChI is InChI=1S/C13H13ClFN3/c1-7-8(2)17-13(18-11(7)6-16)12-9(14)4-3-5-10(12)15/h3-5H,6,16H2,1-2H3. The molecule has 0 fully saturated rings. The minimum atomic E-state index is -0.436. The first-order valence-corrected chi connectivity index (χ1v) is 5.91. The van der Waals surface area contributed by atoms with Gasteiger partial charge in [0.2, 0.25) is 0 Å². The van der Waals surface area contributed by atoms with Gasteiger partial charge in [0.25, 0.3) is 0 Å². The Morgan fingerprint density at radius 2 is 2.00 bits per heavy atom. The maximum atomic E-state index is 13.8. The molecule has 0 spiro atoms. The molecule has 0 amide bonds. The molecule has 0 saturated heterocycles. The predicted molar refractivity (Wildman–Crippen MR) is 69.8 cm³/mol. The Morgan fingerprint density at radius 1 is 1.28 bits per heavy atom. The number of nitrogens with zero attached hydrogens (tertiary/aromatic N) is 2. The van der Waals surface area contributed by atoms with Crippen molar-refractivity contribution in [3.63, 3.8) is 0 Å². The third-order valence-electron chi connectivity index (χ3n) is 2.87. The summed E-state index contributed by atoms with van der Waals surface area (Å²) in [6.07, 6.45) is 0. The molecule has 0 unspecified atom stereocenters. The van der Waals surface area contributed by atoms with Gasteiger partial charge < -0.3 is 5.73 Å². The van der Waals surface area contributed by atoms with Crippen LogP contribution >= 0.6 is 11.6 Å². The first-order valence-electron chi connectivity index (χ1n) is 5.53. The van der Waals surface area contributed by atoms with Crippen molar-refractivity contribution >= 4 is 11.6 Å². The molecule has 0 atom stereocenters. The number of nitrogens with two attached hydrogens (primary N) is 1. The van der Waals surface area contributed by atoms with Gasteiger partial charge in [-0.15, -0.1) is 0 Å². The molecule has 2 rings (SSSR count). The molecule has 2 aromatic rings. The number of hydrogen-bond acceptors (Lipinski definition) is 3. The van der Waals surface area contributed by atoms with Gasteiger partial charge >= 0.3 is 0 Å². The molecular weight excluding hydrogens is 253 g/mol. The summed E-state index contributed by atoms with van der Waals surface area (Å²) in [6, 6.07) is 4.49. The summed E-state index contributed by atoms with van der Waals surface area (Å²) >= 11 is 6.00. The minimum absolute atomic E-state index is 0.219. The van der Waals surface area contributed by atoms with Crippen LogP contribution in [0.25, 0.3) is 11.4 Å². The maximum Gasteiger partial charge on any atom is 0.164 e. The van der Waals surface area contributed by atoms with Crippen LogP contribution in [-0.4, -0.2) is 9.97 Å². The molecule has 0 aliphatic heterocycles. The Balaban J connectivity index is 2.68. The van der Waals surface area contributed by atoms with E-state index in [0.29, 0.717) is 10.7 Å². The van der Waals surface area contributed by atoms with Gasteiger partial charge in [0.05, 0.1) is 16.3 Å². The van der Waals surface area contributed by atoms with Gasteiger partial charge in [-0.2, -0.15) is 0 Å². The van der Waals surface area contributed by atoms with Crippen molar-refractivity contribution in [2.45, 2.75) is 20.4 Å². The molecule has 2 N–H and O–H groups in total. The molecule has 0 saturated carbocycles. The molecule has 0 bridgehead atoms. The molecule has 1 aromatic carbocycles. The fourth-order valence-corrected chi connectivity index (χ4v) is 1.96. The van der Waals surface area contributed by atoms with Gasteiger partial charge in [-0.1, -0.05) is 17.7 Å². The van der Waals surface area contributed by atoms with E-state index in [1.807, 2.05) is 13.8 Å². The van der Waals surface area contributed by atoms with Gasteiger partial charge in [-0.3, -0.25) is 0 Å². The van der Waals surface area contributed by atoms with E-state index in [-0.39, 0.29) is 17.9 Å². The average Bonchev–Trinajstić information content (AvgIpc) is 2.33. The van der Waals surface area contributed by atoms with Crippen molar-refractivity contribution in [1.29, 1.82) is 0 Å². The summed E-state index contributed by atoms with van der Waals surface area (Å²) in [5.41, 5.74) is 8.25. The van der Waals surface area contributed by atoms with Crippen molar-refractivity contribution < 1.29 is 4.39 Å². The van der Waals surface area contributed by atoms with E-state index in [4.69, 9.17) is 17.3 Å². The van der Waals surface area contributed by atoms with E-state index in [9.17, 15) is 4.39 Å². The molecule has 1 aromatic heterocycles. The summed E-state index contributed by atoms with van der Waals surface area (Å²) in [5, 5.41) is 0.293. The molecule has 0 radical (unpaired) electrons. The summed E-state index contributed by atoms with van der Waals surface area (Å²) in [5.74, 6) is -0.157. The zero-order valence-electron chi connectivity index (χ0n) is 10.2. The number of rotatable bonds is 2. The average molecular weight is 266 g/mol. The lowest BCUT2D eigenvalue weighted by Crippen LogP contribution is -2.08. The van der Waals surface area contributed by atoms with Gasteiger partial charge in [0.15, 0.2) is 5.82 Å². The van der Waals surface area contributed by atoms with Gasteiger partial charge in [0, 0.05) is 12.2 Å². The summed E-state index contributed by atoms with van der Waals surface area (Å²) < 4.78 is 13.8. The van der Waals surface area contributed by atoms with E-state index in [1.54, 1.807) is 12.1 Å². The summed E-state index contributed by atoms with van der Waals surface area (Å²) in [6.45, 7) is 4.02. The number of aryl methyl sites for hydroxylation is 1. The Morgan fingerprint density at radius 3 is 2.61 bits per heavy atom. The second-order valence-electron chi connectivity index (χ2n) is 4.01. The molecule has 0 aliphatic carbocycles. The molecule has 3 nitrogen and oxygen atoms in total. The molecule has 1 heterocycles. The SMILES string of the molecule is Cc1nc(-c2c(F)cccc2Cl)nc(CN)c1C. The van der Waals surface area contributed by atoms with Crippen LogP contribution in [0.1, 0.15) is 17.0 Å². The van der Waals surface area contributed by atoms with Crippen LogP contribution in [-0.2, 0) is 6.54 Å². The molecule has 0 aliphatic rings. The maximum absolute atomic E-state index is 13.8. The van der Waals surface area contributed by atoms with Crippen LogP contribution in [0.15, 0.2) is 18.2 Å². The number of benzene rings is 1. The third-order valence-corrected chi connectivity index (χ3v) is 3.18. The van der Waals surface area contributed by atoms with E-state index in [2.05, 4.69) is 9.97 Å². The molecule has 94 valence electrons. The minimum Gasteiger partial charge on any atom is -0.325 e. The second-order valence-corrected chi connectivity index (χ2v) is 4.41. The Bertz CT molecular complexity index is 579. The van der Waals surface area contributed by atoms with E-state index in [0.717, 1.165) is 11.3 Å². The number of hydrogen-bond donors (Lipinski definition) is 1. The van der Waals surface area contributed by atoms with Crippen molar-refractivity contribution in [2.24, 2.45) is 5.73 Å². The highest BCUT2D eigenvalue weighted by atomic mass is 35.5. The smallest absolute Gasteiger partial charge is 0.164 e. The zero-order valence-corrected chi connectivity index (χ0v) is 10.9. The normalized spacial score (nSPS) is 10.7. The molecule has 5 heteroatoms. The fraction of sp³-hybridized carbons (Fsp3) is 0.231.